The molecule has 1 aromatic rings. The zero-order valence-electron chi connectivity index (χ0n) is 16.3. The van der Waals surface area contributed by atoms with Crippen LogP contribution in [-0.2, 0) is 9.47 Å². The van der Waals surface area contributed by atoms with Gasteiger partial charge in [0.05, 0.1) is 39.1 Å². The Bertz CT molecular complexity index is 550. The van der Waals surface area contributed by atoms with Crippen LogP contribution in [0.1, 0.15) is 31.9 Å². The summed E-state index contributed by atoms with van der Waals surface area (Å²) < 4.78 is 16.3. The zero-order chi connectivity index (χ0) is 18.8. The summed E-state index contributed by atoms with van der Waals surface area (Å²) in [5.41, 5.74) is 0.808. The summed E-state index contributed by atoms with van der Waals surface area (Å²) in [5.74, 6) is 1.43. The molecule has 1 aromatic carbocycles. The lowest BCUT2D eigenvalue weighted by atomic mass is 10.1. The Kier molecular flexibility index (Phi) is 11.7. The number of halogens is 1. The van der Waals surface area contributed by atoms with Gasteiger partial charge in [0, 0.05) is 19.2 Å². The Labute approximate surface area is 178 Å². The van der Waals surface area contributed by atoms with E-state index in [-0.39, 0.29) is 42.7 Å². The van der Waals surface area contributed by atoms with Crippen LogP contribution in [-0.4, -0.2) is 63.2 Å². The first-order valence-corrected chi connectivity index (χ1v) is 9.18. The summed E-state index contributed by atoms with van der Waals surface area (Å²) in [5, 5.41) is 16.8. The minimum absolute atomic E-state index is 0. The number of nitrogens with one attached hydrogen (secondary N) is 2. The Morgan fingerprint density at radius 1 is 1.37 bits per heavy atom. The fourth-order valence-corrected chi connectivity index (χ4v) is 2.63. The number of benzene rings is 1. The van der Waals surface area contributed by atoms with Crippen LogP contribution in [0.5, 0.6) is 5.75 Å². The van der Waals surface area contributed by atoms with Crippen molar-refractivity contribution in [1.29, 1.82) is 0 Å². The summed E-state index contributed by atoms with van der Waals surface area (Å²) >= 11 is 0. The van der Waals surface area contributed by atoms with E-state index in [1.165, 1.54) is 0 Å². The van der Waals surface area contributed by atoms with E-state index in [2.05, 4.69) is 15.6 Å². The Hall–Kier alpha value is -1.10. The van der Waals surface area contributed by atoms with Crippen LogP contribution in [0.4, 0.5) is 0 Å². The molecule has 1 heterocycles. The molecule has 154 valence electrons. The minimum Gasteiger partial charge on any atom is -0.497 e. The zero-order valence-corrected chi connectivity index (χ0v) is 18.6. The first-order chi connectivity index (χ1) is 12.6. The molecule has 1 aliphatic rings. The van der Waals surface area contributed by atoms with Crippen LogP contribution in [0.3, 0.4) is 0 Å². The maximum atomic E-state index is 10.3. The van der Waals surface area contributed by atoms with Gasteiger partial charge in [-0.2, -0.15) is 0 Å². The average Bonchev–Trinajstić information content (AvgIpc) is 3.18. The van der Waals surface area contributed by atoms with E-state index in [1.54, 1.807) is 7.11 Å². The predicted octanol–water partition coefficient (Wildman–Crippen LogP) is 2.10. The van der Waals surface area contributed by atoms with Gasteiger partial charge in [0.1, 0.15) is 5.75 Å². The lowest BCUT2D eigenvalue weighted by molar-refractivity contribution is 0.0347. The number of aliphatic imine (C=N–C) groups is 1. The van der Waals surface area contributed by atoms with Crippen molar-refractivity contribution in [2.75, 3.05) is 40.0 Å². The third-order valence-corrected chi connectivity index (χ3v) is 4.12. The number of ether oxygens (including phenoxy) is 3. The molecular formula is C19H32IN3O4. The Morgan fingerprint density at radius 2 is 2.11 bits per heavy atom. The van der Waals surface area contributed by atoms with E-state index >= 15 is 0 Å². The fraction of sp³-hybridized carbons (Fsp3) is 0.632. The molecule has 3 N–H and O–H groups in total. The number of aliphatic hydroxyl groups is 1. The van der Waals surface area contributed by atoms with Gasteiger partial charge in [0.2, 0.25) is 0 Å². The highest BCUT2D eigenvalue weighted by Gasteiger charge is 2.17. The van der Waals surface area contributed by atoms with Crippen molar-refractivity contribution in [1.82, 2.24) is 10.6 Å². The number of methoxy groups -OCH3 is 1. The van der Waals surface area contributed by atoms with Crippen LogP contribution < -0.4 is 15.4 Å². The van der Waals surface area contributed by atoms with Crippen molar-refractivity contribution >= 4 is 29.9 Å². The smallest absolute Gasteiger partial charge is 0.191 e. The monoisotopic (exact) mass is 493 g/mol. The second-order valence-corrected chi connectivity index (χ2v) is 6.37. The standard InChI is InChI=1S/C19H31N3O4.HI/c1-4-20-19(22-14(2)12-26-17-9-10-25-13-17)21-11-18(23)15-5-7-16(24-3)8-6-15;/h5-8,14,17-18,23H,4,9-13H2,1-3H3,(H2,20,21,22);1H. The third-order valence-electron chi connectivity index (χ3n) is 4.12. The highest BCUT2D eigenvalue weighted by Crippen LogP contribution is 2.17. The van der Waals surface area contributed by atoms with Gasteiger partial charge in [-0.1, -0.05) is 12.1 Å². The van der Waals surface area contributed by atoms with Crippen LogP contribution in [0.15, 0.2) is 29.3 Å². The van der Waals surface area contributed by atoms with Crippen molar-refractivity contribution < 1.29 is 19.3 Å². The van der Waals surface area contributed by atoms with E-state index < -0.39 is 6.10 Å². The second kappa shape index (κ2) is 13.1. The predicted molar refractivity (Wildman–Crippen MR) is 117 cm³/mol. The van der Waals surface area contributed by atoms with Gasteiger partial charge < -0.3 is 30.0 Å². The molecule has 8 heteroatoms. The van der Waals surface area contributed by atoms with Crippen molar-refractivity contribution in [2.24, 2.45) is 4.99 Å². The molecule has 27 heavy (non-hydrogen) atoms. The van der Waals surface area contributed by atoms with Gasteiger partial charge in [-0.3, -0.25) is 4.99 Å². The molecule has 0 aliphatic carbocycles. The number of nitrogens with zero attached hydrogens (tertiary/aromatic N) is 1. The molecule has 3 atom stereocenters. The molecule has 0 amide bonds. The van der Waals surface area contributed by atoms with Crippen molar-refractivity contribution in [3.05, 3.63) is 29.8 Å². The fourth-order valence-electron chi connectivity index (χ4n) is 2.63. The number of hydrogen-bond acceptors (Lipinski definition) is 5. The van der Waals surface area contributed by atoms with Crippen LogP contribution >= 0.6 is 24.0 Å². The van der Waals surface area contributed by atoms with E-state index in [1.807, 2.05) is 38.1 Å². The SMILES string of the molecule is CCNC(=NCC(O)c1ccc(OC)cc1)NC(C)COC1CCOC1.I. The van der Waals surface area contributed by atoms with Gasteiger partial charge in [0.15, 0.2) is 5.96 Å². The summed E-state index contributed by atoms with van der Waals surface area (Å²) in [6.45, 7) is 7.10. The van der Waals surface area contributed by atoms with Gasteiger partial charge in [-0.25, -0.2) is 0 Å². The van der Waals surface area contributed by atoms with Crippen LogP contribution in [0, 0.1) is 0 Å². The molecule has 0 radical (unpaired) electrons. The summed E-state index contributed by atoms with van der Waals surface area (Å²) in [7, 11) is 1.62. The van der Waals surface area contributed by atoms with Crippen molar-refractivity contribution in [3.63, 3.8) is 0 Å². The molecule has 1 aliphatic heterocycles. The topological polar surface area (TPSA) is 84.3 Å². The normalized spacial score (nSPS) is 19.1. The maximum absolute atomic E-state index is 10.3. The lowest BCUT2D eigenvalue weighted by Gasteiger charge is -2.20. The minimum atomic E-state index is -0.668. The summed E-state index contributed by atoms with van der Waals surface area (Å²) in [4.78, 5) is 4.49. The molecule has 0 aromatic heterocycles. The van der Waals surface area contributed by atoms with Crippen LogP contribution in [0.25, 0.3) is 0 Å². The van der Waals surface area contributed by atoms with E-state index in [9.17, 15) is 5.11 Å². The Balaban J connectivity index is 0.00000364. The third kappa shape index (κ3) is 8.63. The number of aliphatic hydroxyl groups excluding tert-OH is 1. The second-order valence-electron chi connectivity index (χ2n) is 6.37. The Morgan fingerprint density at radius 3 is 2.70 bits per heavy atom. The number of hydrogen-bond donors (Lipinski definition) is 3. The largest absolute Gasteiger partial charge is 0.497 e. The van der Waals surface area contributed by atoms with E-state index in [4.69, 9.17) is 14.2 Å². The number of rotatable bonds is 9. The van der Waals surface area contributed by atoms with Gasteiger partial charge in [-0.15, -0.1) is 24.0 Å². The van der Waals surface area contributed by atoms with Crippen molar-refractivity contribution in [2.45, 2.75) is 38.5 Å². The van der Waals surface area contributed by atoms with E-state index in [0.717, 1.165) is 30.9 Å². The highest BCUT2D eigenvalue weighted by molar-refractivity contribution is 14.0. The molecule has 2 rings (SSSR count). The van der Waals surface area contributed by atoms with Gasteiger partial charge >= 0.3 is 0 Å². The van der Waals surface area contributed by atoms with Gasteiger partial charge in [0.25, 0.3) is 0 Å². The first kappa shape index (κ1) is 23.9. The lowest BCUT2D eigenvalue weighted by Crippen LogP contribution is -2.44. The van der Waals surface area contributed by atoms with Crippen LogP contribution in [0.2, 0.25) is 0 Å². The number of guanidine groups is 1. The highest BCUT2D eigenvalue weighted by atomic mass is 127. The molecule has 3 unspecified atom stereocenters. The molecule has 0 saturated carbocycles. The molecule has 7 nitrogen and oxygen atoms in total. The molecule has 0 bridgehead atoms. The van der Waals surface area contributed by atoms with E-state index in [0.29, 0.717) is 19.2 Å². The summed E-state index contributed by atoms with van der Waals surface area (Å²) in [6, 6.07) is 7.46. The van der Waals surface area contributed by atoms with Gasteiger partial charge in [-0.05, 0) is 38.0 Å². The molecule has 1 fully saturated rings. The average molecular weight is 493 g/mol. The first-order valence-electron chi connectivity index (χ1n) is 9.18. The summed E-state index contributed by atoms with van der Waals surface area (Å²) in [6.07, 6.45) is 0.476. The molecular weight excluding hydrogens is 461 g/mol. The molecule has 1 saturated heterocycles. The quantitative estimate of drug-likeness (QED) is 0.278. The van der Waals surface area contributed by atoms with Crippen molar-refractivity contribution in [3.8, 4) is 5.75 Å². The maximum Gasteiger partial charge on any atom is 0.191 e. The molecule has 0 spiro atoms.